The Kier molecular flexibility index (Phi) is 6.84. The summed E-state index contributed by atoms with van der Waals surface area (Å²) in [6.45, 7) is 4.31. The smallest absolute Gasteiger partial charge is 0.138 e. The van der Waals surface area contributed by atoms with Gasteiger partial charge in [0.2, 0.25) is 0 Å². The van der Waals surface area contributed by atoms with E-state index in [4.69, 9.17) is 11.6 Å². The van der Waals surface area contributed by atoms with E-state index in [0.29, 0.717) is 0 Å². The summed E-state index contributed by atoms with van der Waals surface area (Å²) in [7, 11) is 2.03. The van der Waals surface area contributed by atoms with E-state index in [-0.39, 0.29) is 12.4 Å². The van der Waals surface area contributed by atoms with E-state index >= 15 is 0 Å². The van der Waals surface area contributed by atoms with Gasteiger partial charge >= 0.3 is 0 Å². The molecule has 0 bridgehead atoms. The lowest BCUT2D eigenvalue weighted by Gasteiger charge is -2.33. The Bertz CT molecular complexity index is 601. The third-order valence-electron chi connectivity index (χ3n) is 4.20. The number of rotatable bonds is 5. The van der Waals surface area contributed by atoms with Crippen molar-refractivity contribution in [1.82, 2.24) is 25.0 Å². The molecule has 1 aliphatic rings. The molecule has 0 amide bonds. The molecule has 0 radical (unpaired) electrons. The van der Waals surface area contributed by atoms with Crippen LogP contribution >= 0.6 is 24.0 Å². The molecule has 1 unspecified atom stereocenters. The molecule has 1 aliphatic heterocycles. The molecule has 1 aromatic heterocycles. The fraction of sp³-hybridized carbons (Fsp3) is 0.500. The van der Waals surface area contributed by atoms with Crippen molar-refractivity contribution in [2.24, 2.45) is 5.92 Å². The highest BCUT2D eigenvalue weighted by atomic mass is 35.5. The molecule has 7 heteroatoms. The molecule has 1 N–H and O–H groups in total. The Hall–Kier alpha value is -1.14. The van der Waals surface area contributed by atoms with Crippen LogP contribution in [0.5, 0.6) is 0 Å². The van der Waals surface area contributed by atoms with Gasteiger partial charge in [0.15, 0.2) is 0 Å². The quantitative estimate of drug-likeness (QED) is 0.895. The monoisotopic (exact) mass is 355 g/mol. The fourth-order valence-corrected chi connectivity index (χ4v) is 3.37. The lowest BCUT2D eigenvalue weighted by Crippen LogP contribution is -2.38. The highest BCUT2D eigenvalue weighted by Crippen LogP contribution is 2.23. The predicted octanol–water partition coefficient (Wildman–Crippen LogP) is 2.77. The van der Waals surface area contributed by atoms with E-state index in [0.717, 1.165) is 42.8 Å². The molecule has 5 nitrogen and oxygen atoms in total. The zero-order valence-electron chi connectivity index (χ0n) is 13.3. The van der Waals surface area contributed by atoms with Gasteiger partial charge in [0, 0.05) is 18.1 Å². The van der Waals surface area contributed by atoms with Crippen LogP contribution in [0.2, 0.25) is 5.02 Å². The zero-order valence-corrected chi connectivity index (χ0v) is 14.9. The van der Waals surface area contributed by atoms with E-state index in [9.17, 15) is 0 Å². The maximum absolute atomic E-state index is 6.16. The molecule has 23 heavy (non-hydrogen) atoms. The number of nitrogens with one attached hydrogen (secondary N) is 1. The molecule has 2 aromatic rings. The van der Waals surface area contributed by atoms with Crippen LogP contribution in [0.25, 0.3) is 5.69 Å². The van der Waals surface area contributed by atoms with Crippen LogP contribution in [0.1, 0.15) is 18.4 Å². The minimum absolute atomic E-state index is 0. The van der Waals surface area contributed by atoms with Crippen LogP contribution in [0.15, 0.2) is 30.9 Å². The number of aromatic nitrogens is 3. The van der Waals surface area contributed by atoms with Crippen LogP contribution in [0, 0.1) is 5.92 Å². The molecule has 0 spiro atoms. The van der Waals surface area contributed by atoms with Gasteiger partial charge in [-0.15, -0.1) is 12.4 Å². The van der Waals surface area contributed by atoms with Crippen molar-refractivity contribution >= 4 is 24.0 Å². The Morgan fingerprint density at radius 3 is 3.00 bits per heavy atom. The van der Waals surface area contributed by atoms with Gasteiger partial charge in [0.1, 0.15) is 12.7 Å². The summed E-state index contributed by atoms with van der Waals surface area (Å²) in [6.07, 6.45) is 5.84. The number of piperidine rings is 1. The van der Waals surface area contributed by atoms with Crippen LogP contribution < -0.4 is 5.32 Å². The zero-order chi connectivity index (χ0) is 15.4. The summed E-state index contributed by atoms with van der Waals surface area (Å²) in [6, 6.07) is 6.01. The number of nitrogens with zero attached hydrogens (tertiary/aromatic N) is 4. The lowest BCUT2D eigenvalue weighted by atomic mass is 9.97. The minimum Gasteiger partial charge on any atom is -0.319 e. The minimum atomic E-state index is 0. The van der Waals surface area contributed by atoms with Crippen molar-refractivity contribution in [2.45, 2.75) is 19.4 Å². The first-order valence-corrected chi connectivity index (χ1v) is 8.14. The highest BCUT2D eigenvalue weighted by molar-refractivity contribution is 6.30. The molecule has 126 valence electrons. The number of hydrogen-bond acceptors (Lipinski definition) is 4. The van der Waals surface area contributed by atoms with Crippen molar-refractivity contribution in [3.05, 3.63) is 41.4 Å². The lowest BCUT2D eigenvalue weighted by molar-refractivity contribution is 0.166. The van der Waals surface area contributed by atoms with E-state index in [2.05, 4.69) is 26.4 Å². The summed E-state index contributed by atoms with van der Waals surface area (Å²) in [5.74, 6) is 0.737. The van der Waals surface area contributed by atoms with Gasteiger partial charge in [-0.3, -0.25) is 4.90 Å². The summed E-state index contributed by atoms with van der Waals surface area (Å²) in [4.78, 5) is 6.56. The van der Waals surface area contributed by atoms with Gasteiger partial charge in [0.05, 0.1) is 5.69 Å². The maximum atomic E-state index is 6.16. The second kappa shape index (κ2) is 8.64. The van der Waals surface area contributed by atoms with E-state index < -0.39 is 0 Å². The molecule has 2 heterocycles. The molecule has 1 atom stereocenters. The standard InChI is InChI=1S/C16H22ClN5.ClH/c1-18-8-13-3-2-6-21(9-13)10-14-4-5-15(17)7-16(14)22-12-19-11-20-22;/h4-5,7,11-13,18H,2-3,6,8-10H2,1H3;1H. The summed E-state index contributed by atoms with van der Waals surface area (Å²) in [5.41, 5.74) is 2.25. The predicted molar refractivity (Wildman–Crippen MR) is 95.5 cm³/mol. The van der Waals surface area contributed by atoms with Crippen molar-refractivity contribution in [3.8, 4) is 5.69 Å². The molecular weight excluding hydrogens is 333 g/mol. The third kappa shape index (κ3) is 4.67. The first-order chi connectivity index (χ1) is 10.8. The molecule has 3 rings (SSSR count). The van der Waals surface area contributed by atoms with E-state index in [1.54, 1.807) is 17.3 Å². The molecule has 0 aliphatic carbocycles. The average molecular weight is 356 g/mol. The fourth-order valence-electron chi connectivity index (χ4n) is 3.21. The van der Waals surface area contributed by atoms with Crippen molar-refractivity contribution in [2.75, 3.05) is 26.7 Å². The summed E-state index contributed by atoms with van der Waals surface area (Å²) >= 11 is 6.16. The maximum Gasteiger partial charge on any atom is 0.138 e. The molecule has 1 saturated heterocycles. The Morgan fingerprint density at radius 1 is 1.39 bits per heavy atom. The second-order valence-corrected chi connectivity index (χ2v) is 6.35. The van der Waals surface area contributed by atoms with Gasteiger partial charge in [0.25, 0.3) is 0 Å². The Balaban J connectivity index is 0.00000192. The number of halogens is 2. The van der Waals surface area contributed by atoms with E-state index in [1.165, 1.54) is 18.4 Å². The van der Waals surface area contributed by atoms with Gasteiger partial charge in [-0.1, -0.05) is 17.7 Å². The van der Waals surface area contributed by atoms with Gasteiger partial charge < -0.3 is 5.32 Å². The first-order valence-electron chi connectivity index (χ1n) is 7.76. The number of hydrogen-bond donors (Lipinski definition) is 1. The van der Waals surface area contributed by atoms with Crippen LogP contribution in [0.4, 0.5) is 0 Å². The van der Waals surface area contributed by atoms with E-state index in [1.807, 2.05) is 19.2 Å². The van der Waals surface area contributed by atoms with Crippen LogP contribution in [-0.2, 0) is 6.54 Å². The molecular formula is C16H23Cl2N5. The molecule has 1 fully saturated rings. The highest BCUT2D eigenvalue weighted by Gasteiger charge is 2.20. The van der Waals surface area contributed by atoms with Gasteiger partial charge in [-0.2, -0.15) is 5.10 Å². The topological polar surface area (TPSA) is 46.0 Å². The summed E-state index contributed by atoms with van der Waals surface area (Å²) < 4.78 is 1.79. The SMILES string of the molecule is CNCC1CCCN(Cc2ccc(Cl)cc2-n2cncn2)C1.Cl. The average Bonchev–Trinajstić information content (AvgIpc) is 3.04. The van der Waals surface area contributed by atoms with Gasteiger partial charge in [-0.05, 0) is 56.6 Å². The largest absolute Gasteiger partial charge is 0.319 e. The summed E-state index contributed by atoms with van der Waals surface area (Å²) in [5, 5.41) is 8.26. The Labute approximate surface area is 148 Å². The normalized spacial score (nSPS) is 18.6. The second-order valence-electron chi connectivity index (χ2n) is 5.91. The molecule has 1 aromatic carbocycles. The molecule has 0 saturated carbocycles. The number of benzene rings is 1. The van der Waals surface area contributed by atoms with Crippen molar-refractivity contribution in [1.29, 1.82) is 0 Å². The van der Waals surface area contributed by atoms with Crippen LogP contribution in [-0.4, -0.2) is 46.3 Å². The van der Waals surface area contributed by atoms with Crippen molar-refractivity contribution in [3.63, 3.8) is 0 Å². The third-order valence-corrected chi connectivity index (χ3v) is 4.44. The van der Waals surface area contributed by atoms with Gasteiger partial charge in [-0.25, -0.2) is 9.67 Å². The Morgan fingerprint density at radius 2 is 2.26 bits per heavy atom. The van der Waals surface area contributed by atoms with Crippen LogP contribution in [0.3, 0.4) is 0 Å². The van der Waals surface area contributed by atoms with Crippen molar-refractivity contribution < 1.29 is 0 Å². The number of likely N-dealkylation sites (tertiary alicyclic amines) is 1. The first kappa shape index (κ1) is 18.2.